The second-order valence-electron chi connectivity index (χ2n) is 8.58. The Labute approximate surface area is 156 Å². The van der Waals surface area contributed by atoms with Gasteiger partial charge in [-0.05, 0) is 55.3 Å². The smallest absolute Gasteiger partial charge is 0.226 e. The molecule has 4 unspecified atom stereocenters. The molecule has 4 atom stereocenters. The molecule has 3 aliphatic rings. The van der Waals surface area contributed by atoms with Gasteiger partial charge in [0.05, 0.1) is 0 Å². The lowest BCUT2D eigenvalue weighted by Gasteiger charge is -2.53. The molecule has 2 saturated heterocycles. The van der Waals surface area contributed by atoms with Crippen LogP contribution < -0.4 is 0 Å². The third-order valence-electron chi connectivity index (χ3n) is 6.34. The van der Waals surface area contributed by atoms with E-state index >= 15 is 0 Å². The molecule has 1 aliphatic carbocycles. The van der Waals surface area contributed by atoms with Crippen molar-refractivity contribution in [3.63, 3.8) is 0 Å². The highest BCUT2D eigenvalue weighted by atomic mass is 35.5. The number of carbonyl (C=O) groups is 1. The van der Waals surface area contributed by atoms with Crippen molar-refractivity contribution < 1.29 is 4.79 Å². The van der Waals surface area contributed by atoms with Gasteiger partial charge in [0.25, 0.3) is 0 Å². The zero-order chi connectivity index (χ0) is 17.6. The van der Waals surface area contributed by atoms with E-state index in [1.54, 1.807) is 0 Å². The highest BCUT2D eigenvalue weighted by Gasteiger charge is 2.49. The molecule has 2 heterocycles. The predicted molar refractivity (Wildman–Crippen MR) is 102 cm³/mol. The fourth-order valence-electron chi connectivity index (χ4n) is 4.64. The van der Waals surface area contributed by atoms with Crippen LogP contribution >= 0.6 is 11.6 Å². The number of rotatable bonds is 5. The summed E-state index contributed by atoms with van der Waals surface area (Å²) in [7, 11) is 0. The maximum atomic E-state index is 12.9. The molecule has 1 saturated carbocycles. The summed E-state index contributed by atoms with van der Waals surface area (Å²) >= 11 is 5.97. The van der Waals surface area contributed by atoms with Gasteiger partial charge in [0, 0.05) is 42.5 Å². The van der Waals surface area contributed by atoms with E-state index in [1.807, 2.05) is 12.1 Å². The average Bonchev–Trinajstić information content (AvgIpc) is 3.36. The molecule has 0 radical (unpaired) electrons. The maximum Gasteiger partial charge on any atom is 0.226 e. The number of benzene rings is 1. The molecule has 3 fully saturated rings. The lowest BCUT2D eigenvalue weighted by molar-refractivity contribution is -0.139. The Morgan fingerprint density at radius 3 is 2.68 bits per heavy atom. The monoisotopic (exact) mass is 360 g/mol. The van der Waals surface area contributed by atoms with Crippen LogP contribution in [0.3, 0.4) is 0 Å². The molecule has 1 aromatic rings. The van der Waals surface area contributed by atoms with Crippen molar-refractivity contribution in [2.45, 2.75) is 45.1 Å². The Morgan fingerprint density at radius 1 is 1.24 bits per heavy atom. The molecule has 0 bridgehead atoms. The number of fused-ring (bicyclic) bond motifs is 1. The van der Waals surface area contributed by atoms with Crippen molar-refractivity contribution in [1.29, 1.82) is 0 Å². The molecule has 0 spiro atoms. The van der Waals surface area contributed by atoms with Crippen LogP contribution in [0.4, 0.5) is 0 Å². The van der Waals surface area contributed by atoms with Gasteiger partial charge in [-0.15, -0.1) is 0 Å². The van der Waals surface area contributed by atoms with Crippen LogP contribution in [-0.4, -0.2) is 47.9 Å². The van der Waals surface area contributed by atoms with Crippen LogP contribution in [0.15, 0.2) is 24.3 Å². The Morgan fingerprint density at radius 2 is 2.00 bits per heavy atom. The van der Waals surface area contributed by atoms with Crippen LogP contribution in [-0.2, 0) is 4.79 Å². The van der Waals surface area contributed by atoms with Gasteiger partial charge in [-0.1, -0.05) is 37.6 Å². The minimum Gasteiger partial charge on any atom is -0.342 e. The standard InChI is InChI=1S/C21H29ClN2O/c1-14(2)7-9-23-12-16-13-24(10-8-20(16)23)21(25)19-11-18(19)15-3-5-17(22)6-4-15/h3-6,14,16,18-20H,7-13H2,1-2H3. The number of amides is 1. The number of likely N-dealkylation sites (tertiary alicyclic amines) is 2. The SMILES string of the molecule is CC(C)CCN1CC2CN(C(=O)C3CC3c3ccc(Cl)cc3)CCC21. The van der Waals surface area contributed by atoms with Crippen LogP contribution in [0, 0.1) is 17.8 Å². The summed E-state index contributed by atoms with van der Waals surface area (Å²) in [5.41, 5.74) is 1.26. The number of halogens is 1. The van der Waals surface area contributed by atoms with E-state index < -0.39 is 0 Å². The average molecular weight is 361 g/mol. The van der Waals surface area contributed by atoms with Gasteiger partial charge in [0.2, 0.25) is 5.91 Å². The largest absolute Gasteiger partial charge is 0.342 e. The molecule has 3 nitrogen and oxygen atoms in total. The van der Waals surface area contributed by atoms with Crippen LogP contribution in [0.25, 0.3) is 0 Å². The van der Waals surface area contributed by atoms with Crippen molar-refractivity contribution in [3.05, 3.63) is 34.9 Å². The zero-order valence-corrected chi connectivity index (χ0v) is 16.1. The molecule has 1 aromatic carbocycles. The van der Waals surface area contributed by atoms with Crippen molar-refractivity contribution in [1.82, 2.24) is 9.80 Å². The third kappa shape index (κ3) is 3.59. The van der Waals surface area contributed by atoms with Crippen molar-refractivity contribution in [3.8, 4) is 0 Å². The van der Waals surface area contributed by atoms with E-state index in [9.17, 15) is 4.79 Å². The first-order valence-corrected chi connectivity index (χ1v) is 10.2. The van der Waals surface area contributed by atoms with E-state index in [0.717, 1.165) is 42.9 Å². The molecule has 136 valence electrons. The van der Waals surface area contributed by atoms with Gasteiger partial charge in [-0.3, -0.25) is 9.69 Å². The summed E-state index contributed by atoms with van der Waals surface area (Å²) in [6.45, 7) is 8.94. The van der Waals surface area contributed by atoms with E-state index in [2.05, 4.69) is 35.8 Å². The molecule has 2 aliphatic heterocycles. The Hall–Kier alpha value is -1.06. The van der Waals surface area contributed by atoms with E-state index in [4.69, 9.17) is 11.6 Å². The minimum atomic E-state index is 0.204. The van der Waals surface area contributed by atoms with Gasteiger partial charge in [-0.25, -0.2) is 0 Å². The first-order chi connectivity index (χ1) is 12.0. The summed E-state index contributed by atoms with van der Waals surface area (Å²) in [6.07, 6.45) is 3.45. The number of hydrogen-bond donors (Lipinski definition) is 0. The van der Waals surface area contributed by atoms with Crippen LogP contribution in [0.5, 0.6) is 0 Å². The highest BCUT2D eigenvalue weighted by Crippen LogP contribution is 2.49. The molecular weight excluding hydrogens is 332 g/mol. The van der Waals surface area contributed by atoms with Crippen molar-refractivity contribution >= 4 is 17.5 Å². The molecule has 4 rings (SSSR count). The number of piperidine rings is 1. The van der Waals surface area contributed by atoms with Crippen molar-refractivity contribution in [2.24, 2.45) is 17.8 Å². The van der Waals surface area contributed by atoms with Gasteiger partial charge < -0.3 is 4.90 Å². The van der Waals surface area contributed by atoms with E-state index in [1.165, 1.54) is 25.1 Å². The Bertz CT molecular complexity index is 629. The number of nitrogens with zero attached hydrogens (tertiary/aromatic N) is 2. The number of carbonyl (C=O) groups excluding carboxylic acids is 1. The van der Waals surface area contributed by atoms with E-state index in [0.29, 0.717) is 17.7 Å². The van der Waals surface area contributed by atoms with Gasteiger partial charge in [-0.2, -0.15) is 0 Å². The predicted octanol–water partition coefficient (Wildman–Crippen LogP) is 4.02. The van der Waals surface area contributed by atoms with Gasteiger partial charge >= 0.3 is 0 Å². The van der Waals surface area contributed by atoms with Crippen molar-refractivity contribution in [2.75, 3.05) is 26.2 Å². The van der Waals surface area contributed by atoms with Crippen LogP contribution in [0.1, 0.15) is 44.6 Å². The number of hydrogen-bond acceptors (Lipinski definition) is 2. The normalized spacial score (nSPS) is 31.6. The Kier molecular flexibility index (Phi) is 4.81. The zero-order valence-electron chi connectivity index (χ0n) is 15.3. The van der Waals surface area contributed by atoms with Gasteiger partial charge in [0.1, 0.15) is 0 Å². The quantitative estimate of drug-likeness (QED) is 0.791. The summed E-state index contributed by atoms with van der Waals surface area (Å²) in [4.78, 5) is 17.7. The molecule has 0 N–H and O–H groups in total. The molecule has 1 amide bonds. The molecule has 25 heavy (non-hydrogen) atoms. The molecule has 0 aromatic heterocycles. The summed E-state index contributed by atoms with van der Waals surface area (Å²) in [5.74, 6) is 2.48. The fourth-order valence-corrected chi connectivity index (χ4v) is 4.77. The third-order valence-corrected chi connectivity index (χ3v) is 6.59. The fraction of sp³-hybridized carbons (Fsp3) is 0.667. The Balaban J connectivity index is 1.27. The summed E-state index contributed by atoms with van der Waals surface area (Å²) in [5, 5.41) is 0.765. The summed E-state index contributed by atoms with van der Waals surface area (Å²) in [6, 6.07) is 8.75. The highest BCUT2D eigenvalue weighted by molar-refractivity contribution is 6.30. The maximum absolute atomic E-state index is 12.9. The minimum absolute atomic E-state index is 0.204. The lowest BCUT2D eigenvalue weighted by Crippen LogP contribution is -2.64. The lowest BCUT2D eigenvalue weighted by atomic mass is 9.82. The first-order valence-electron chi connectivity index (χ1n) is 9.81. The molecule has 4 heteroatoms. The van der Waals surface area contributed by atoms with E-state index in [-0.39, 0.29) is 5.92 Å². The molecular formula is C21H29ClN2O. The van der Waals surface area contributed by atoms with Gasteiger partial charge in [0.15, 0.2) is 0 Å². The second-order valence-corrected chi connectivity index (χ2v) is 9.01. The second kappa shape index (κ2) is 6.92. The summed E-state index contributed by atoms with van der Waals surface area (Å²) < 4.78 is 0. The topological polar surface area (TPSA) is 23.6 Å². The first kappa shape index (κ1) is 17.4. The van der Waals surface area contributed by atoms with Crippen LogP contribution in [0.2, 0.25) is 5.02 Å².